The summed E-state index contributed by atoms with van der Waals surface area (Å²) < 4.78 is 37.2. The van der Waals surface area contributed by atoms with Crippen LogP contribution in [0.2, 0.25) is 0 Å². The van der Waals surface area contributed by atoms with Crippen molar-refractivity contribution in [1.29, 1.82) is 0 Å². The average Bonchev–Trinajstić information content (AvgIpc) is 2.74. The van der Waals surface area contributed by atoms with Crippen molar-refractivity contribution in [2.75, 3.05) is 6.61 Å². The fraction of sp³-hybridized carbons (Fsp3) is 0.500. The van der Waals surface area contributed by atoms with E-state index in [4.69, 9.17) is 14.5 Å². The third-order valence-corrected chi connectivity index (χ3v) is 4.02. The highest BCUT2D eigenvalue weighted by Gasteiger charge is 2.38. The van der Waals surface area contributed by atoms with Crippen molar-refractivity contribution < 1.29 is 31.8 Å². The zero-order valence-electron chi connectivity index (χ0n) is 13.5. The Morgan fingerprint density at radius 2 is 2.17 bits per heavy atom. The molecule has 1 unspecified atom stereocenters. The highest BCUT2D eigenvalue weighted by Crippen LogP contribution is 2.32. The van der Waals surface area contributed by atoms with Crippen LogP contribution in [0.1, 0.15) is 43.4 Å². The van der Waals surface area contributed by atoms with Gasteiger partial charge in [0.15, 0.2) is 0 Å². The molecular formula is C14H20BNO7S. The van der Waals surface area contributed by atoms with Gasteiger partial charge < -0.3 is 18.6 Å². The molecule has 1 heterocycles. The highest BCUT2D eigenvalue weighted by atomic mass is 32.2. The Morgan fingerprint density at radius 3 is 2.79 bits per heavy atom. The molecule has 0 bridgehead atoms. The van der Waals surface area contributed by atoms with Gasteiger partial charge in [-0.1, -0.05) is 13.3 Å². The zero-order chi connectivity index (χ0) is 17.9. The van der Waals surface area contributed by atoms with Gasteiger partial charge in [0.05, 0.1) is 19.1 Å². The molecule has 10 heteroatoms. The smallest absolute Gasteiger partial charge is 0.466 e. The van der Waals surface area contributed by atoms with Crippen molar-refractivity contribution >= 4 is 28.9 Å². The van der Waals surface area contributed by atoms with Crippen LogP contribution in [-0.2, 0) is 24.5 Å². The van der Waals surface area contributed by atoms with Crippen LogP contribution in [0.4, 0.5) is 0 Å². The predicted molar refractivity (Wildman–Crippen MR) is 86.8 cm³/mol. The van der Waals surface area contributed by atoms with Crippen molar-refractivity contribution in [3.8, 4) is 5.75 Å². The summed E-state index contributed by atoms with van der Waals surface area (Å²) in [7, 11) is -5.45. The lowest BCUT2D eigenvalue weighted by atomic mass is 9.77. The Labute approximate surface area is 141 Å². The summed E-state index contributed by atoms with van der Waals surface area (Å²) in [4.78, 5) is 11.9. The number of fused-ring (bicyclic) bond motifs is 1. The normalized spacial score (nSPS) is 16.8. The van der Waals surface area contributed by atoms with Gasteiger partial charge in [0.25, 0.3) is 0 Å². The van der Waals surface area contributed by atoms with Gasteiger partial charge in [-0.3, -0.25) is 4.79 Å². The van der Waals surface area contributed by atoms with Gasteiger partial charge in [0.1, 0.15) is 5.75 Å². The monoisotopic (exact) mass is 357 g/mol. The molecule has 0 amide bonds. The number of hydrogen-bond acceptors (Lipinski definition) is 7. The molecule has 0 aromatic heterocycles. The number of ether oxygens (including phenoxy) is 1. The average molecular weight is 357 g/mol. The van der Waals surface area contributed by atoms with E-state index in [2.05, 4.69) is 4.18 Å². The molecule has 3 N–H and O–H groups in total. The zero-order valence-corrected chi connectivity index (χ0v) is 14.3. The number of aryl methyl sites for hydroxylation is 1. The molecule has 8 nitrogen and oxygen atoms in total. The molecule has 2 rings (SSSR count). The van der Waals surface area contributed by atoms with Crippen LogP contribution in [0.3, 0.4) is 0 Å². The van der Waals surface area contributed by atoms with Gasteiger partial charge in [-0.25, -0.2) is 0 Å². The van der Waals surface area contributed by atoms with E-state index in [0.717, 1.165) is 12.8 Å². The first-order chi connectivity index (χ1) is 11.2. The molecule has 0 spiro atoms. The van der Waals surface area contributed by atoms with E-state index < -0.39 is 29.5 Å². The number of carbonyl (C=O) groups is 1. The van der Waals surface area contributed by atoms with E-state index in [0.29, 0.717) is 23.2 Å². The lowest BCUT2D eigenvalue weighted by Gasteiger charge is -2.14. The number of nitrogens with two attached hydrogens (primary N) is 1. The van der Waals surface area contributed by atoms with Crippen LogP contribution in [0.5, 0.6) is 5.75 Å². The molecule has 24 heavy (non-hydrogen) atoms. The summed E-state index contributed by atoms with van der Waals surface area (Å²) in [6.45, 7) is 4.04. The number of rotatable bonds is 7. The second-order valence-corrected chi connectivity index (χ2v) is 6.73. The first kappa shape index (κ1) is 18.7. The second kappa shape index (κ2) is 7.52. The first-order valence-electron chi connectivity index (χ1n) is 7.57. The molecule has 0 aliphatic carbocycles. The lowest BCUT2D eigenvalue weighted by Crippen LogP contribution is -2.29. The van der Waals surface area contributed by atoms with E-state index in [1.807, 2.05) is 6.92 Å². The summed E-state index contributed by atoms with van der Waals surface area (Å²) in [5, 5.41) is 14.9. The van der Waals surface area contributed by atoms with E-state index in [9.17, 15) is 18.2 Å². The van der Waals surface area contributed by atoms with E-state index in [-0.39, 0.29) is 12.2 Å². The Bertz CT molecular complexity index is 722. The summed E-state index contributed by atoms with van der Waals surface area (Å²) >= 11 is 0. The summed E-state index contributed by atoms with van der Waals surface area (Å²) in [6, 6.07) is 2.79. The molecule has 1 aromatic carbocycles. The van der Waals surface area contributed by atoms with Crippen LogP contribution in [-0.4, -0.2) is 33.1 Å². The maximum atomic E-state index is 11.9. The number of benzene rings is 1. The summed E-state index contributed by atoms with van der Waals surface area (Å²) in [5.74, 6) is -0.444. The minimum Gasteiger partial charge on any atom is -0.466 e. The fourth-order valence-corrected chi connectivity index (χ4v) is 2.97. The first-order valence-corrected chi connectivity index (χ1v) is 9.04. The molecule has 0 saturated carbocycles. The molecular weight excluding hydrogens is 337 g/mol. The maximum Gasteiger partial charge on any atom is 0.492 e. The van der Waals surface area contributed by atoms with Gasteiger partial charge in [-0.2, -0.15) is 13.6 Å². The van der Waals surface area contributed by atoms with Crippen LogP contribution >= 0.6 is 0 Å². The van der Waals surface area contributed by atoms with Crippen molar-refractivity contribution in [2.45, 2.75) is 39.2 Å². The standard InChI is InChI=1S/C14H20BNO7S/c1-3-4-5-21-13(17)8-12-14-9(2)6-10(23-24(16,19)20)7-11(14)15(18)22-12/h6-7,12,18H,3-5,8H2,1-2H3,(H2,16,19,20). The lowest BCUT2D eigenvalue weighted by molar-refractivity contribution is -0.145. The fourth-order valence-electron chi connectivity index (χ4n) is 2.61. The van der Waals surface area contributed by atoms with Crippen LogP contribution in [0, 0.1) is 6.92 Å². The Kier molecular flexibility index (Phi) is 5.86. The largest absolute Gasteiger partial charge is 0.492 e. The third-order valence-electron chi connectivity index (χ3n) is 3.60. The number of hydrogen-bond donors (Lipinski definition) is 2. The molecule has 1 atom stereocenters. The Hall–Kier alpha value is -1.62. The van der Waals surface area contributed by atoms with Crippen molar-refractivity contribution in [3.05, 3.63) is 23.3 Å². The van der Waals surface area contributed by atoms with Crippen LogP contribution in [0.25, 0.3) is 0 Å². The quantitative estimate of drug-likeness (QED) is 0.402. The van der Waals surface area contributed by atoms with Gasteiger partial charge in [0, 0.05) is 0 Å². The van der Waals surface area contributed by atoms with E-state index in [1.54, 1.807) is 6.92 Å². The van der Waals surface area contributed by atoms with Gasteiger partial charge in [-0.05, 0) is 42.1 Å². The molecule has 1 aliphatic heterocycles. The van der Waals surface area contributed by atoms with Gasteiger partial charge >= 0.3 is 23.4 Å². The van der Waals surface area contributed by atoms with Crippen molar-refractivity contribution in [2.24, 2.45) is 5.14 Å². The summed E-state index contributed by atoms with van der Waals surface area (Å²) in [6.07, 6.45) is 1.00. The van der Waals surface area contributed by atoms with Gasteiger partial charge in [0.2, 0.25) is 0 Å². The van der Waals surface area contributed by atoms with Crippen LogP contribution < -0.4 is 14.8 Å². The molecule has 0 fully saturated rings. The Balaban J connectivity index is 2.17. The third kappa shape index (κ3) is 4.70. The molecule has 1 aromatic rings. The van der Waals surface area contributed by atoms with Crippen molar-refractivity contribution in [1.82, 2.24) is 0 Å². The highest BCUT2D eigenvalue weighted by molar-refractivity contribution is 7.84. The van der Waals surface area contributed by atoms with E-state index >= 15 is 0 Å². The SMILES string of the molecule is CCCCOC(=O)CC1OB(O)c2cc(OS(N)(=O)=O)cc(C)c21. The number of unbranched alkanes of at least 4 members (excludes halogenated alkanes) is 1. The predicted octanol–water partition coefficient (Wildman–Crippen LogP) is 0.0695. The molecule has 1 aliphatic rings. The maximum absolute atomic E-state index is 11.9. The number of carbonyl (C=O) groups excluding carboxylic acids is 1. The van der Waals surface area contributed by atoms with E-state index in [1.165, 1.54) is 12.1 Å². The van der Waals surface area contributed by atoms with Crippen LogP contribution in [0.15, 0.2) is 12.1 Å². The molecule has 132 valence electrons. The minimum atomic E-state index is -4.17. The molecule has 0 radical (unpaired) electrons. The summed E-state index contributed by atoms with van der Waals surface area (Å²) in [5.41, 5.74) is 1.59. The number of esters is 1. The Morgan fingerprint density at radius 1 is 1.46 bits per heavy atom. The van der Waals surface area contributed by atoms with Crippen molar-refractivity contribution in [3.63, 3.8) is 0 Å². The van der Waals surface area contributed by atoms with Gasteiger partial charge in [-0.15, -0.1) is 0 Å². The minimum absolute atomic E-state index is 0.0254. The topological polar surface area (TPSA) is 125 Å². The second-order valence-electron chi connectivity index (χ2n) is 5.57. The molecule has 0 saturated heterocycles.